The van der Waals surface area contributed by atoms with Gasteiger partial charge < -0.3 is 15.5 Å². The number of amides is 1. The maximum atomic E-state index is 11.8. The minimum absolute atomic E-state index is 0. The van der Waals surface area contributed by atoms with Crippen molar-refractivity contribution in [1.82, 2.24) is 15.5 Å². The molecule has 0 atom stereocenters. The Morgan fingerprint density at radius 3 is 2.77 bits per heavy atom. The molecular formula is C15H23Cl2N3OS. The summed E-state index contributed by atoms with van der Waals surface area (Å²) in [6.07, 6.45) is 1.00. The number of nitrogens with one attached hydrogen (secondary N) is 2. The fourth-order valence-electron chi connectivity index (χ4n) is 2.22. The van der Waals surface area contributed by atoms with Crippen molar-refractivity contribution >= 4 is 41.7 Å². The number of carbonyl (C=O) groups is 1. The molecule has 1 aliphatic heterocycles. The fourth-order valence-corrected chi connectivity index (χ4v) is 3.29. The first-order chi connectivity index (χ1) is 10.3. The van der Waals surface area contributed by atoms with E-state index in [9.17, 15) is 4.79 Å². The van der Waals surface area contributed by atoms with Crippen LogP contribution >= 0.6 is 35.8 Å². The molecule has 2 N–H and O–H groups in total. The van der Waals surface area contributed by atoms with Gasteiger partial charge >= 0.3 is 0 Å². The summed E-state index contributed by atoms with van der Waals surface area (Å²) >= 11 is 7.54. The lowest BCUT2D eigenvalue weighted by Crippen LogP contribution is -2.44. The SMILES string of the molecule is Cl.O=C(CSc1ccccc1Cl)NCCCN1CCNCC1. The molecular weight excluding hydrogens is 341 g/mol. The molecule has 0 aromatic heterocycles. The predicted molar refractivity (Wildman–Crippen MR) is 96.4 cm³/mol. The second-order valence-corrected chi connectivity index (χ2v) is 6.44. The van der Waals surface area contributed by atoms with Crippen molar-refractivity contribution in [2.24, 2.45) is 0 Å². The monoisotopic (exact) mass is 363 g/mol. The molecule has 1 aromatic rings. The third kappa shape index (κ3) is 7.20. The van der Waals surface area contributed by atoms with Gasteiger partial charge in [-0.15, -0.1) is 24.2 Å². The Bertz CT molecular complexity index is 456. The van der Waals surface area contributed by atoms with Crippen molar-refractivity contribution in [2.45, 2.75) is 11.3 Å². The summed E-state index contributed by atoms with van der Waals surface area (Å²) in [4.78, 5) is 15.2. The molecule has 0 unspecified atom stereocenters. The standard InChI is InChI=1S/C15H22ClN3OS.ClH/c16-13-4-1-2-5-14(13)21-12-15(20)18-6-3-9-19-10-7-17-8-11-19;/h1-2,4-5,17H,3,6-12H2,(H,18,20);1H. The van der Waals surface area contributed by atoms with Crippen molar-refractivity contribution in [2.75, 3.05) is 45.0 Å². The molecule has 1 aromatic carbocycles. The molecule has 2 rings (SSSR count). The highest BCUT2D eigenvalue weighted by Crippen LogP contribution is 2.26. The van der Waals surface area contributed by atoms with Gasteiger partial charge in [-0.1, -0.05) is 23.7 Å². The highest BCUT2D eigenvalue weighted by molar-refractivity contribution is 8.00. The van der Waals surface area contributed by atoms with Gasteiger partial charge in [-0.25, -0.2) is 0 Å². The first-order valence-corrected chi connectivity index (χ1v) is 8.69. The van der Waals surface area contributed by atoms with Crippen molar-refractivity contribution in [3.8, 4) is 0 Å². The Morgan fingerprint density at radius 2 is 2.05 bits per heavy atom. The van der Waals surface area contributed by atoms with Gasteiger partial charge in [-0.2, -0.15) is 0 Å². The largest absolute Gasteiger partial charge is 0.355 e. The third-order valence-electron chi connectivity index (χ3n) is 3.38. The highest BCUT2D eigenvalue weighted by Gasteiger charge is 2.09. The summed E-state index contributed by atoms with van der Waals surface area (Å²) in [7, 11) is 0. The number of hydrogen-bond donors (Lipinski definition) is 2. The zero-order chi connectivity index (χ0) is 14.9. The Balaban J connectivity index is 0.00000242. The van der Waals surface area contributed by atoms with Crippen LogP contribution in [0.4, 0.5) is 0 Å². The Labute approximate surface area is 147 Å². The zero-order valence-corrected chi connectivity index (χ0v) is 14.9. The number of rotatable bonds is 7. The van der Waals surface area contributed by atoms with Gasteiger partial charge in [-0.05, 0) is 25.1 Å². The first-order valence-electron chi connectivity index (χ1n) is 7.33. The fraction of sp³-hybridized carbons (Fsp3) is 0.533. The van der Waals surface area contributed by atoms with Crippen LogP contribution in [0.25, 0.3) is 0 Å². The van der Waals surface area contributed by atoms with E-state index >= 15 is 0 Å². The van der Waals surface area contributed by atoms with Crippen LogP contribution in [0.5, 0.6) is 0 Å². The summed E-state index contributed by atoms with van der Waals surface area (Å²) in [6, 6.07) is 7.60. The molecule has 7 heteroatoms. The zero-order valence-electron chi connectivity index (χ0n) is 12.5. The number of nitrogens with zero attached hydrogens (tertiary/aromatic N) is 1. The molecule has 124 valence electrons. The smallest absolute Gasteiger partial charge is 0.230 e. The third-order valence-corrected chi connectivity index (χ3v) is 4.89. The molecule has 1 amide bonds. The van der Waals surface area contributed by atoms with E-state index < -0.39 is 0 Å². The van der Waals surface area contributed by atoms with Gasteiger partial charge in [0.1, 0.15) is 0 Å². The van der Waals surface area contributed by atoms with Crippen molar-refractivity contribution < 1.29 is 4.79 Å². The van der Waals surface area contributed by atoms with E-state index in [1.807, 2.05) is 24.3 Å². The number of carbonyl (C=O) groups excluding carboxylic acids is 1. The van der Waals surface area contributed by atoms with Gasteiger partial charge in [-0.3, -0.25) is 4.79 Å². The van der Waals surface area contributed by atoms with Crippen LogP contribution < -0.4 is 10.6 Å². The van der Waals surface area contributed by atoms with E-state index in [1.165, 1.54) is 11.8 Å². The summed E-state index contributed by atoms with van der Waals surface area (Å²) in [5.74, 6) is 0.484. The van der Waals surface area contributed by atoms with E-state index in [-0.39, 0.29) is 18.3 Å². The van der Waals surface area contributed by atoms with Crippen molar-refractivity contribution in [3.05, 3.63) is 29.3 Å². The van der Waals surface area contributed by atoms with Crippen molar-refractivity contribution in [1.29, 1.82) is 0 Å². The minimum Gasteiger partial charge on any atom is -0.355 e. The van der Waals surface area contributed by atoms with Gasteiger partial charge in [0.05, 0.1) is 10.8 Å². The molecule has 0 spiro atoms. The average molecular weight is 364 g/mol. The van der Waals surface area contributed by atoms with Crippen LogP contribution in [0.3, 0.4) is 0 Å². The summed E-state index contributed by atoms with van der Waals surface area (Å²) in [6.45, 7) is 6.15. The number of thioether (sulfide) groups is 1. The number of benzene rings is 1. The summed E-state index contributed by atoms with van der Waals surface area (Å²) < 4.78 is 0. The molecule has 0 saturated carbocycles. The predicted octanol–water partition coefficient (Wildman–Crippen LogP) is 2.27. The normalized spacial score (nSPS) is 15.1. The molecule has 0 radical (unpaired) electrons. The lowest BCUT2D eigenvalue weighted by atomic mass is 10.3. The molecule has 1 fully saturated rings. The van der Waals surface area contributed by atoms with Crippen LogP contribution in [0.15, 0.2) is 29.2 Å². The van der Waals surface area contributed by atoms with Crippen molar-refractivity contribution in [3.63, 3.8) is 0 Å². The van der Waals surface area contributed by atoms with E-state index in [1.54, 1.807) is 0 Å². The topological polar surface area (TPSA) is 44.4 Å². The quantitative estimate of drug-likeness (QED) is 0.576. The van der Waals surface area contributed by atoms with Crippen LogP contribution in [-0.4, -0.2) is 55.8 Å². The summed E-state index contributed by atoms with van der Waals surface area (Å²) in [5, 5.41) is 7.00. The second-order valence-electron chi connectivity index (χ2n) is 5.01. The molecule has 0 bridgehead atoms. The number of piperazine rings is 1. The molecule has 1 heterocycles. The average Bonchev–Trinajstić information content (AvgIpc) is 2.52. The van der Waals surface area contributed by atoms with Gasteiger partial charge in [0.15, 0.2) is 0 Å². The van der Waals surface area contributed by atoms with E-state index in [4.69, 9.17) is 11.6 Å². The molecule has 1 aliphatic rings. The van der Waals surface area contributed by atoms with Gasteiger partial charge in [0, 0.05) is 37.6 Å². The van der Waals surface area contributed by atoms with Gasteiger partial charge in [0.25, 0.3) is 0 Å². The molecule has 0 aliphatic carbocycles. The molecule has 22 heavy (non-hydrogen) atoms. The van der Waals surface area contributed by atoms with Crippen LogP contribution in [0.2, 0.25) is 5.02 Å². The second kappa shape index (κ2) is 11.1. The Hall–Kier alpha value is -0.460. The number of hydrogen-bond acceptors (Lipinski definition) is 4. The Kier molecular flexibility index (Phi) is 9.91. The highest BCUT2D eigenvalue weighted by atomic mass is 35.5. The Morgan fingerprint density at radius 1 is 1.32 bits per heavy atom. The van der Waals surface area contributed by atoms with E-state index in [2.05, 4.69) is 15.5 Å². The molecule has 4 nitrogen and oxygen atoms in total. The number of halogens is 2. The lowest BCUT2D eigenvalue weighted by Gasteiger charge is -2.27. The molecule has 1 saturated heterocycles. The summed E-state index contributed by atoms with van der Waals surface area (Å²) in [5.41, 5.74) is 0. The van der Waals surface area contributed by atoms with Crippen LogP contribution in [-0.2, 0) is 4.79 Å². The maximum Gasteiger partial charge on any atom is 0.230 e. The minimum atomic E-state index is 0. The van der Waals surface area contributed by atoms with E-state index in [0.29, 0.717) is 10.8 Å². The lowest BCUT2D eigenvalue weighted by molar-refractivity contribution is -0.118. The van der Waals surface area contributed by atoms with Crippen LogP contribution in [0.1, 0.15) is 6.42 Å². The maximum absolute atomic E-state index is 11.8. The van der Waals surface area contributed by atoms with E-state index in [0.717, 1.165) is 50.6 Å². The van der Waals surface area contributed by atoms with Gasteiger partial charge in [0.2, 0.25) is 5.91 Å². The first kappa shape index (κ1) is 19.6. The van der Waals surface area contributed by atoms with Crippen LogP contribution in [0, 0.1) is 0 Å².